The van der Waals surface area contributed by atoms with Crippen LogP contribution in [-0.2, 0) is 4.74 Å². The van der Waals surface area contributed by atoms with Crippen molar-refractivity contribution in [2.45, 2.75) is 108 Å². The number of nitrogens with zero attached hydrogens (tertiary/aromatic N) is 3. The number of ether oxygens (including phenoxy) is 1. The van der Waals surface area contributed by atoms with E-state index in [1.54, 1.807) is 0 Å². The SMILES string of the molecule is [C-]#[N+][C@H]1[C@@H]2[C@@H](CC[C@]1(C)O)[C@](C)(N=C=S)CC[C@H]2[C@]1(C)CC[C@H](C(C)(C)N=C=S)O1. The van der Waals surface area contributed by atoms with Crippen LogP contribution in [0.5, 0.6) is 0 Å². The Balaban J connectivity index is 1.99. The van der Waals surface area contributed by atoms with Gasteiger partial charge in [-0.05, 0) is 109 Å². The lowest BCUT2D eigenvalue weighted by atomic mass is 9.51. The number of thiocarbonyl (C=S) groups is 2. The Morgan fingerprint density at radius 1 is 1.07 bits per heavy atom. The molecule has 0 unspecified atom stereocenters. The zero-order chi connectivity index (χ0) is 22.4. The summed E-state index contributed by atoms with van der Waals surface area (Å²) in [6.07, 6.45) is 4.97. The molecule has 3 rings (SSSR count). The molecule has 3 aliphatic rings. The summed E-state index contributed by atoms with van der Waals surface area (Å²) in [5.41, 5.74) is -2.14. The van der Waals surface area contributed by atoms with Crippen LogP contribution in [0, 0.1) is 24.3 Å². The molecule has 0 bridgehead atoms. The maximum atomic E-state index is 11.1. The largest absolute Gasteiger partial charge is 0.382 e. The summed E-state index contributed by atoms with van der Waals surface area (Å²) in [7, 11) is 0. The topological polar surface area (TPSA) is 58.5 Å². The first kappa shape index (κ1) is 23.7. The second-order valence-electron chi connectivity index (χ2n) is 10.7. The molecule has 0 radical (unpaired) electrons. The Hall–Kier alpha value is -0.990. The molecular weight excluding hydrogens is 414 g/mol. The molecule has 1 aliphatic heterocycles. The molecule has 0 aromatic carbocycles. The Morgan fingerprint density at radius 2 is 1.73 bits per heavy atom. The lowest BCUT2D eigenvalue weighted by Gasteiger charge is -2.55. The van der Waals surface area contributed by atoms with Crippen molar-refractivity contribution in [2.75, 3.05) is 0 Å². The molecule has 1 heterocycles. The highest BCUT2D eigenvalue weighted by Crippen LogP contribution is 2.58. The fourth-order valence-electron chi connectivity index (χ4n) is 6.48. The average Bonchev–Trinajstić information content (AvgIpc) is 3.05. The molecule has 8 atom stereocenters. The van der Waals surface area contributed by atoms with E-state index < -0.39 is 17.2 Å². The first-order chi connectivity index (χ1) is 13.9. The molecule has 0 aromatic rings. The molecule has 0 amide bonds. The highest BCUT2D eigenvalue weighted by atomic mass is 32.1. The standard InChI is InChI=1S/C23H33N3O2S2/c1-20(2,25-13-29)17-9-12-23(5,28-17)16-7-10-21(3,26-14-30)15-8-11-22(4,27)19(24-6)18(15)16/h15-19,27H,7-12H2,1-5H3/t15-,16-,17-,18-,19+,21-,22+,23+/m1/s1. The van der Waals surface area contributed by atoms with Crippen LogP contribution in [-0.4, -0.2) is 49.9 Å². The van der Waals surface area contributed by atoms with Crippen molar-refractivity contribution in [3.05, 3.63) is 11.4 Å². The maximum Gasteiger partial charge on any atom is 0.255 e. The van der Waals surface area contributed by atoms with Crippen LogP contribution in [0.3, 0.4) is 0 Å². The third kappa shape index (κ3) is 3.95. The minimum atomic E-state index is -1.00. The number of isothiocyanates is 2. The van der Waals surface area contributed by atoms with E-state index in [1.807, 2.05) is 20.8 Å². The van der Waals surface area contributed by atoms with Gasteiger partial charge in [0.15, 0.2) is 0 Å². The number of hydrogen-bond acceptors (Lipinski definition) is 6. The summed E-state index contributed by atoms with van der Waals surface area (Å²) in [6, 6.07) is -0.479. The molecule has 164 valence electrons. The van der Waals surface area contributed by atoms with Gasteiger partial charge in [0.25, 0.3) is 6.04 Å². The van der Waals surface area contributed by atoms with Gasteiger partial charge in [-0.2, -0.15) is 0 Å². The molecule has 0 spiro atoms. The normalized spacial score (nSPS) is 46.1. The lowest BCUT2D eigenvalue weighted by molar-refractivity contribution is -0.152. The monoisotopic (exact) mass is 447 g/mol. The van der Waals surface area contributed by atoms with Crippen molar-refractivity contribution in [3.8, 4) is 0 Å². The number of rotatable bonds is 4. The van der Waals surface area contributed by atoms with Crippen LogP contribution < -0.4 is 0 Å². The van der Waals surface area contributed by atoms with Gasteiger partial charge in [0.1, 0.15) is 5.60 Å². The van der Waals surface area contributed by atoms with Crippen LogP contribution in [0.2, 0.25) is 0 Å². The highest BCUT2D eigenvalue weighted by Gasteiger charge is 2.64. The molecule has 1 N–H and O–H groups in total. The Labute approximate surface area is 191 Å². The Bertz CT molecular complexity index is 825. The molecule has 30 heavy (non-hydrogen) atoms. The van der Waals surface area contributed by atoms with Crippen LogP contribution in [0.25, 0.3) is 4.85 Å². The van der Waals surface area contributed by atoms with Crippen molar-refractivity contribution >= 4 is 34.8 Å². The van der Waals surface area contributed by atoms with Gasteiger partial charge in [0.2, 0.25) is 0 Å². The van der Waals surface area contributed by atoms with E-state index in [1.165, 1.54) is 0 Å². The van der Waals surface area contributed by atoms with E-state index >= 15 is 0 Å². The number of hydrogen-bond donors (Lipinski definition) is 1. The lowest BCUT2D eigenvalue weighted by Crippen LogP contribution is -2.62. The van der Waals surface area contributed by atoms with Gasteiger partial charge in [0, 0.05) is 5.92 Å². The second-order valence-corrected chi connectivity index (χ2v) is 11.0. The molecule has 1 saturated heterocycles. The minimum absolute atomic E-state index is 0.00187. The molecular formula is C23H33N3O2S2. The number of aliphatic hydroxyl groups is 1. The van der Waals surface area contributed by atoms with Crippen LogP contribution in [0.1, 0.15) is 73.1 Å². The molecule has 3 fully saturated rings. The molecule has 0 aromatic heterocycles. The minimum Gasteiger partial charge on any atom is -0.382 e. The predicted molar refractivity (Wildman–Crippen MR) is 125 cm³/mol. The molecule has 2 saturated carbocycles. The Kier molecular flexibility index (Phi) is 6.45. The van der Waals surface area contributed by atoms with Gasteiger partial charge in [-0.25, -0.2) is 16.6 Å². The summed E-state index contributed by atoms with van der Waals surface area (Å²) in [4.78, 5) is 12.9. The second kappa shape index (κ2) is 8.17. The fourth-order valence-corrected chi connectivity index (χ4v) is 6.92. The van der Waals surface area contributed by atoms with Crippen molar-refractivity contribution in [3.63, 3.8) is 0 Å². The van der Waals surface area contributed by atoms with Crippen LogP contribution in [0.4, 0.5) is 0 Å². The van der Waals surface area contributed by atoms with E-state index in [0.717, 1.165) is 32.1 Å². The smallest absolute Gasteiger partial charge is 0.255 e. The van der Waals surface area contributed by atoms with Crippen molar-refractivity contribution in [2.24, 2.45) is 27.7 Å². The maximum absolute atomic E-state index is 11.1. The zero-order valence-electron chi connectivity index (χ0n) is 18.6. The van der Waals surface area contributed by atoms with Crippen molar-refractivity contribution in [1.29, 1.82) is 0 Å². The predicted octanol–water partition coefficient (Wildman–Crippen LogP) is 5.14. The molecule has 5 nitrogen and oxygen atoms in total. The Morgan fingerprint density at radius 3 is 2.33 bits per heavy atom. The third-order valence-electron chi connectivity index (χ3n) is 8.31. The summed E-state index contributed by atoms with van der Waals surface area (Å²) in [6.45, 7) is 18.1. The van der Waals surface area contributed by atoms with E-state index in [2.05, 4.69) is 39.0 Å². The number of fused-ring (bicyclic) bond motifs is 1. The average molecular weight is 448 g/mol. The van der Waals surface area contributed by atoms with E-state index in [9.17, 15) is 5.11 Å². The van der Waals surface area contributed by atoms with Gasteiger partial charge in [0.05, 0.1) is 33.1 Å². The third-order valence-corrected chi connectivity index (χ3v) is 8.50. The zero-order valence-corrected chi connectivity index (χ0v) is 20.3. The first-order valence-electron chi connectivity index (χ1n) is 10.9. The highest BCUT2D eigenvalue weighted by molar-refractivity contribution is 7.78. The summed E-state index contributed by atoms with van der Waals surface area (Å²) in [5.74, 6) is 0.342. The fraction of sp³-hybridized carbons (Fsp3) is 0.870. The van der Waals surface area contributed by atoms with E-state index in [-0.39, 0.29) is 35.0 Å². The molecule has 7 heteroatoms. The molecule has 2 aliphatic carbocycles. The first-order valence-corrected chi connectivity index (χ1v) is 11.7. The van der Waals surface area contributed by atoms with Gasteiger partial charge >= 0.3 is 0 Å². The summed E-state index contributed by atoms with van der Waals surface area (Å²) in [5, 5.41) is 16.2. The van der Waals surface area contributed by atoms with Gasteiger partial charge < -0.3 is 14.7 Å². The van der Waals surface area contributed by atoms with E-state index in [4.69, 9.17) is 35.7 Å². The van der Waals surface area contributed by atoms with Crippen LogP contribution >= 0.6 is 24.4 Å². The van der Waals surface area contributed by atoms with Crippen molar-refractivity contribution in [1.82, 2.24) is 0 Å². The van der Waals surface area contributed by atoms with Gasteiger partial charge in [-0.1, -0.05) is 0 Å². The van der Waals surface area contributed by atoms with Crippen molar-refractivity contribution < 1.29 is 9.84 Å². The summed E-state index contributed by atoms with van der Waals surface area (Å²) < 4.78 is 6.71. The number of aliphatic imine (C=N–C) groups is 2. The quantitative estimate of drug-likeness (QED) is 0.368. The van der Waals surface area contributed by atoms with Crippen LogP contribution in [0.15, 0.2) is 9.98 Å². The summed E-state index contributed by atoms with van der Waals surface area (Å²) >= 11 is 9.81. The van der Waals surface area contributed by atoms with E-state index in [0.29, 0.717) is 6.42 Å². The van der Waals surface area contributed by atoms with Gasteiger partial charge in [-0.15, -0.1) is 0 Å². The van der Waals surface area contributed by atoms with Gasteiger partial charge in [-0.3, -0.25) is 0 Å².